The van der Waals surface area contributed by atoms with Crippen molar-refractivity contribution in [2.24, 2.45) is 11.3 Å². The van der Waals surface area contributed by atoms with Crippen LogP contribution in [0.25, 0.3) is 21.7 Å². The van der Waals surface area contributed by atoms with Gasteiger partial charge in [0.15, 0.2) is 0 Å². The molecule has 1 unspecified atom stereocenters. The quantitative estimate of drug-likeness (QED) is 0.329. The zero-order valence-electron chi connectivity index (χ0n) is 20.6. The standard InChI is InChI=1S/C29H33NO3S/c1-18(2)19-10-13-21(14-11-19)34(31,32)30-26-17-25-24-16-20(29(3,4)5)12-15-27(24)33-28(25)23-9-7-6-8-22(23)26/h6-11,13-14,17-18,20,30H,12,15-16H2,1-5H3. The minimum atomic E-state index is -3.73. The lowest BCUT2D eigenvalue weighted by Crippen LogP contribution is -2.26. The number of furan rings is 1. The van der Waals surface area contributed by atoms with Gasteiger partial charge in [-0.3, -0.25) is 4.72 Å². The third-order valence-electron chi connectivity index (χ3n) is 7.38. The van der Waals surface area contributed by atoms with Crippen molar-refractivity contribution in [3.8, 4) is 0 Å². The van der Waals surface area contributed by atoms with Crippen molar-refractivity contribution in [3.05, 3.63) is 71.5 Å². The van der Waals surface area contributed by atoms with Crippen LogP contribution in [0.5, 0.6) is 0 Å². The fourth-order valence-corrected chi connectivity index (χ4v) is 6.23. The molecule has 1 aromatic heterocycles. The van der Waals surface area contributed by atoms with E-state index in [-0.39, 0.29) is 10.3 Å². The van der Waals surface area contributed by atoms with Crippen LogP contribution in [0, 0.1) is 11.3 Å². The normalized spacial score (nSPS) is 16.8. The highest BCUT2D eigenvalue weighted by Crippen LogP contribution is 2.44. The van der Waals surface area contributed by atoms with Crippen molar-refractivity contribution in [1.29, 1.82) is 0 Å². The molecule has 0 spiro atoms. The van der Waals surface area contributed by atoms with Crippen LogP contribution in [-0.4, -0.2) is 8.42 Å². The van der Waals surface area contributed by atoms with E-state index in [4.69, 9.17) is 4.42 Å². The lowest BCUT2D eigenvalue weighted by atomic mass is 9.71. The average molecular weight is 476 g/mol. The molecule has 0 fully saturated rings. The molecule has 1 atom stereocenters. The van der Waals surface area contributed by atoms with Crippen LogP contribution < -0.4 is 4.72 Å². The van der Waals surface area contributed by atoms with Crippen molar-refractivity contribution in [2.75, 3.05) is 4.72 Å². The molecule has 34 heavy (non-hydrogen) atoms. The summed E-state index contributed by atoms with van der Waals surface area (Å²) in [6.07, 6.45) is 2.98. The van der Waals surface area contributed by atoms with Gasteiger partial charge in [-0.05, 0) is 53.9 Å². The first-order valence-corrected chi connectivity index (χ1v) is 13.6. The zero-order valence-corrected chi connectivity index (χ0v) is 21.4. The summed E-state index contributed by atoms with van der Waals surface area (Å²) in [5, 5.41) is 2.81. The Kier molecular flexibility index (Phi) is 5.51. The second-order valence-electron chi connectivity index (χ2n) is 11.0. The van der Waals surface area contributed by atoms with Gasteiger partial charge in [-0.1, -0.05) is 71.0 Å². The SMILES string of the molecule is CC(C)c1ccc(S(=O)(=O)Nc2cc3c4c(oc3c3ccccc23)CCC(C(C)(C)C)C4)cc1. The Morgan fingerprint density at radius 2 is 1.65 bits per heavy atom. The molecule has 0 aliphatic heterocycles. The average Bonchev–Trinajstić information content (AvgIpc) is 3.16. The Bertz CT molecular complexity index is 1470. The van der Waals surface area contributed by atoms with Gasteiger partial charge >= 0.3 is 0 Å². The Morgan fingerprint density at radius 1 is 0.971 bits per heavy atom. The zero-order chi connectivity index (χ0) is 24.3. The van der Waals surface area contributed by atoms with E-state index in [9.17, 15) is 8.42 Å². The summed E-state index contributed by atoms with van der Waals surface area (Å²) in [4.78, 5) is 0.267. The number of sulfonamides is 1. The number of rotatable bonds is 4. The molecule has 0 bridgehead atoms. The van der Waals surface area contributed by atoms with Crippen LogP contribution >= 0.6 is 0 Å². The first kappa shape index (κ1) is 23.0. The molecule has 4 aromatic rings. The molecule has 1 aliphatic rings. The smallest absolute Gasteiger partial charge is 0.261 e. The van der Waals surface area contributed by atoms with E-state index >= 15 is 0 Å². The van der Waals surface area contributed by atoms with Crippen LogP contribution in [0.15, 0.2) is 63.9 Å². The predicted octanol–water partition coefficient (Wildman–Crippen LogP) is 7.66. The van der Waals surface area contributed by atoms with Crippen LogP contribution in [-0.2, 0) is 22.9 Å². The van der Waals surface area contributed by atoms with Crippen LogP contribution in [0.4, 0.5) is 5.69 Å². The summed E-state index contributed by atoms with van der Waals surface area (Å²) >= 11 is 0. The minimum Gasteiger partial charge on any atom is -0.460 e. The summed E-state index contributed by atoms with van der Waals surface area (Å²) in [6, 6.07) is 17.0. The third kappa shape index (κ3) is 4.00. The first-order valence-electron chi connectivity index (χ1n) is 12.1. The molecule has 0 saturated carbocycles. The van der Waals surface area contributed by atoms with Gasteiger partial charge in [0.1, 0.15) is 11.3 Å². The molecule has 3 aromatic carbocycles. The molecule has 5 rings (SSSR count). The third-order valence-corrected chi connectivity index (χ3v) is 8.76. The summed E-state index contributed by atoms with van der Waals surface area (Å²) < 4.78 is 36.0. The van der Waals surface area contributed by atoms with Gasteiger partial charge in [0, 0.05) is 28.1 Å². The van der Waals surface area contributed by atoms with Crippen molar-refractivity contribution in [3.63, 3.8) is 0 Å². The predicted molar refractivity (Wildman–Crippen MR) is 140 cm³/mol. The van der Waals surface area contributed by atoms with E-state index in [1.807, 2.05) is 42.5 Å². The lowest BCUT2D eigenvalue weighted by molar-refractivity contribution is 0.210. The molecule has 178 valence electrons. The van der Waals surface area contributed by atoms with Crippen molar-refractivity contribution in [2.45, 2.75) is 64.7 Å². The maximum absolute atomic E-state index is 13.3. The van der Waals surface area contributed by atoms with Crippen molar-refractivity contribution < 1.29 is 12.8 Å². The number of nitrogens with one attached hydrogen (secondary N) is 1. The largest absolute Gasteiger partial charge is 0.460 e. The molecule has 1 heterocycles. The Morgan fingerprint density at radius 3 is 2.29 bits per heavy atom. The monoisotopic (exact) mass is 475 g/mol. The second kappa shape index (κ2) is 8.16. The van der Waals surface area contributed by atoms with Crippen molar-refractivity contribution >= 4 is 37.5 Å². The molecule has 1 aliphatic carbocycles. The Balaban J connectivity index is 1.62. The first-order chi connectivity index (χ1) is 16.0. The number of fused-ring (bicyclic) bond motifs is 5. The highest BCUT2D eigenvalue weighted by molar-refractivity contribution is 7.92. The summed E-state index contributed by atoms with van der Waals surface area (Å²) in [5.74, 6) is 1.96. The fraction of sp³-hybridized carbons (Fsp3) is 0.379. The van der Waals surface area contributed by atoms with Crippen LogP contribution in [0.3, 0.4) is 0 Å². The van der Waals surface area contributed by atoms with Gasteiger partial charge in [0.25, 0.3) is 10.0 Å². The van der Waals surface area contributed by atoms with Gasteiger partial charge < -0.3 is 4.42 Å². The molecule has 0 saturated heterocycles. The summed E-state index contributed by atoms with van der Waals surface area (Å²) in [7, 11) is -3.73. The molecule has 5 heteroatoms. The van der Waals surface area contributed by atoms with Gasteiger partial charge in [-0.15, -0.1) is 0 Å². The van der Waals surface area contributed by atoms with E-state index in [2.05, 4.69) is 39.3 Å². The molecular formula is C29H33NO3S. The molecule has 0 amide bonds. The number of anilines is 1. The number of hydrogen-bond donors (Lipinski definition) is 1. The lowest BCUT2D eigenvalue weighted by Gasteiger charge is -2.33. The fourth-order valence-electron chi connectivity index (χ4n) is 5.16. The maximum Gasteiger partial charge on any atom is 0.261 e. The maximum atomic E-state index is 13.3. The van der Waals surface area contributed by atoms with E-state index < -0.39 is 10.0 Å². The number of aryl methyl sites for hydroxylation is 1. The Labute approximate surface area is 202 Å². The van der Waals surface area contributed by atoms with E-state index in [1.165, 1.54) is 5.56 Å². The van der Waals surface area contributed by atoms with Gasteiger partial charge in [0.05, 0.1) is 10.6 Å². The minimum absolute atomic E-state index is 0.213. The molecule has 1 N–H and O–H groups in total. The summed E-state index contributed by atoms with van der Waals surface area (Å²) in [5.41, 5.74) is 4.01. The number of benzene rings is 3. The van der Waals surface area contributed by atoms with Gasteiger partial charge in [0.2, 0.25) is 0 Å². The second-order valence-corrected chi connectivity index (χ2v) is 12.7. The van der Waals surface area contributed by atoms with E-state index in [1.54, 1.807) is 12.1 Å². The summed E-state index contributed by atoms with van der Waals surface area (Å²) in [6.45, 7) is 11.1. The number of hydrogen-bond acceptors (Lipinski definition) is 3. The topological polar surface area (TPSA) is 59.3 Å². The highest BCUT2D eigenvalue weighted by atomic mass is 32.2. The Hall–Kier alpha value is -2.79. The highest BCUT2D eigenvalue weighted by Gasteiger charge is 2.32. The van der Waals surface area contributed by atoms with E-state index in [0.29, 0.717) is 17.5 Å². The van der Waals surface area contributed by atoms with Crippen LogP contribution in [0.1, 0.15) is 63.8 Å². The van der Waals surface area contributed by atoms with Gasteiger partial charge in [-0.25, -0.2) is 8.42 Å². The molecular weight excluding hydrogens is 442 g/mol. The van der Waals surface area contributed by atoms with Crippen molar-refractivity contribution in [1.82, 2.24) is 0 Å². The molecule has 0 radical (unpaired) electrons. The van der Waals surface area contributed by atoms with Gasteiger partial charge in [-0.2, -0.15) is 0 Å². The van der Waals surface area contributed by atoms with E-state index in [0.717, 1.165) is 52.3 Å². The van der Waals surface area contributed by atoms with Crippen LogP contribution in [0.2, 0.25) is 0 Å². The molecule has 4 nitrogen and oxygen atoms in total.